The van der Waals surface area contributed by atoms with Crippen LogP contribution in [0.25, 0.3) is 0 Å². The zero-order valence-corrected chi connectivity index (χ0v) is 10.9. The Balaban J connectivity index is 2.12. The van der Waals surface area contributed by atoms with Crippen molar-refractivity contribution in [1.29, 1.82) is 0 Å². The van der Waals surface area contributed by atoms with Gasteiger partial charge < -0.3 is 10.1 Å². The average molecular weight is 298 g/mol. The molecule has 0 aromatic heterocycles. The summed E-state index contributed by atoms with van der Waals surface area (Å²) in [4.78, 5) is 22.7. The van der Waals surface area contributed by atoms with E-state index >= 15 is 0 Å². The first-order chi connectivity index (χ1) is 8.11. The number of ketones is 1. The van der Waals surface area contributed by atoms with E-state index in [1.165, 1.54) is 0 Å². The highest BCUT2D eigenvalue weighted by Gasteiger charge is 2.33. The van der Waals surface area contributed by atoms with Crippen LogP contribution in [0.4, 0.5) is 5.69 Å². The van der Waals surface area contributed by atoms with Crippen LogP contribution in [0.1, 0.15) is 12.8 Å². The van der Waals surface area contributed by atoms with E-state index in [1.54, 1.807) is 13.2 Å². The number of halogens is 1. The molecule has 1 aromatic carbocycles. The Morgan fingerprint density at radius 2 is 2.18 bits per heavy atom. The second-order valence-corrected chi connectivity index (χ2v) is 4.80. The van der Waals surface area contributed by atoms with Gasteiger partial charge in [-0.05, 0) is 28.1 Å². The van der Waals surface area contributed by atoms with Gasteiger partial charge in [-0.15, -0.1) is 0 Å². The van der Waals surface area contributed by atoms with Crippen LogP contribution in [0.3, 0.4) is 0 Å². The molecule has 1 amide bonds. The van der Waals surface area contributed by atoms with Crippen LogP contribution in [-0.4, -0.2) is 18.8 Å². The summed E-state index contributed by atoms with van der Waals surface area (Å²) in [6, 6.07) is 5.42. The first kappa shape index (κ1) is 12.1. The monoisotopic (exact) mass is 297 g/mol. The molecule has 17 heavy (non-hydrogen) atoms. The third-order valence-corrected chi connectivity index (χ3v) is 3.42. The molecule has 0 unspecified atom stereocenters. The third kappa shape index (κ3) is 2.49. The van der Waals surface area contributed by atoms with Gasteiger partial charge in [-0.25, -0.2) is 0 Å². The summed E-state index contributed by atoms with van der Waals surface area (Å²) in [6.45, 7) is 0. The Kier molecular flexibility index (Phi) is 3.47. The van der Waals surface area contributed by atoms with Crippen LogP contribution < -0.4 is 10.1 Å². The number of carbonyl (C=O) groups is 2. The molecule has 0 aliphatic heterocycles. The lowest BCUT2D eigenvalue weighted by atomic mass is 9.83. The quantitative estimate of drug-likeness (QED) is 0.932. The molecule has 2 rings (SSSR count). The van der Waals surface area contributed by atoms with E-state index in [-0.39, 0.29) is 17.6 Å². The summed E-state index contributed by atoms with van der Waals surface area (Å²) in [5.74, 6) is 0.414. The Hall–Kier alpha value is -1.36. The fourth-order valence-electron chi connectivity index (χ4n) is 1.70. The maximum absolute atomic E-state index is 11.8. The molecule has 1 aliphatic carbocycles. The van der Waals surface area contributed by atoms with Gasteiger partial charge in [-0.3, -0.25) is 9.59 Å². The van der Waals surface area contributed by atoms with Crippen molar-refractivity contribution in [2.75, 3.05) is 12.4 Å². The van der Waals surface area contributed by atoms with E-state index in [0.717, 1.165) is 4.47 Å². The molecule has 1 N–H and O–H groups in total. The van der Waals surface area contributed by atoms with Gasteiger partial charge >= 0.3 is 0 Å². The second-order valence-electron chi connectivity index (χ2n) is 3.95. The lowest BCUT2D eigenvalue weighted by Gasteiger charge is -2.23. The number of benzene rings is 1. The van der Waals surface area contributed by atoms with E-state index in [9.17, 15) is 9.59 Å². The van der Waals surface area contributed by atoms with Crippen LogP contribution in [0.5, 0.6) is 5.75 Å². The average Bonchev–Trinajstić information content (AvgIpc) is 2.27. The van der Waals surface area contributed by atoms with Gasteiger partial charge in [-0.2, -0.15) is 0 Å². The second kappa shape index (κ2) is 4.87. The zero-order chi connectivity index (χ0) is 12.4. The van der Waals surface area contributed by atoms with E-state index in [0.29, 0.717) is 24.3 Å². The minimum Gasteiger partial charge on any atom is -0.495 e. The number of amides is 1. The molecule has 0 bridgehead atoms. The summed E-state index contributed by atoms with van der Waals surface area (Å²) in [7, 11) is 1.55. The molecule has 0 radical (unpaired) electrons. The molecule has 0 atom stereocenters. The van der Waals surface area contributed by atoms with Crippen LogP contribution in [0.2, 0.25) is 0 Å². The molecule has 90 valence electrons. The van der Waals surface area contributed by atoms with Gasteiger partial charge in [0.2, 0.25) is 5.91 Å². The largest absolute Gasteiger partial charge is 0.495 e. The number of Topliss-reactive ketones (excluding diaryl/α,β-unsaturated/α-hetero) is 1. The van der Waals surface area contributed by atoms with Crippen molar-refractivity contribution in [2.45, 2.75) is 12.8 Å². The Labute approximate surface area is 107 Å². The maximum atomic E-state index is 11.8. The van der Waals surface area contributed by atoms with Crippen molar-refractivity contribution in [2.24, 2.45) is 5.92 Å². The number of rotatable bonds is 3. The fraction of sp³-hybridized carbons (Fsp3) is 0.333. The molecular formula is C12H12BrNO3. The number of ether oxygens (including phenoxy) is 1. The third-order valence-electron chi connectivity index (χ3n) is 2.76. The topological polar surface area (TPSA) is 55.4 Å². The van der Waals surface area contributed by atoms with Gasteiger partial charge in [0.25, 0.3) is 0 Å². The summed E-state index contributed by atoms with van der Waals surface area (Å²) in [5.41, 5.74) is 0.611. The standard InChI is InChI=1S/C12H12BrNO3/c1-17-10-4-2-3-9(13)11(10)14-12(16)7-5-8(15)6-7/h2-4,7H,5-6H2,1H3,(H,14,16). The van der Waals surface area contributed by atoms with Crippen LogP contribution in [0.15, 0.2) is 22.7 Å². The molecule has 5 heteroatoms. The first-order valence-corrected chi connectivity index (χ1v) is 6.06. The molecule has 4 nitrogen and oxygen atoms in total. The molecule has 1 aliphatic rings. The van der Waals surface area contributed by atoms with Crippen LogP contribution >= 0.6 is 15.9 Å². The van der Waals surface area contributed by atoms with E-state index in [4.69, 9.17) is 4.74 Å². The van der Waals surface area contributed by atoms with Crippen molar-refractivity contribution in [3.05, 3.63) is 22.7 Å². The summed E-state index contributed by atoms with van der Waals surface area (Å²) >= 11 is 3.36. The number of para-hydroxylation sites is 1. The van der Waals surface area contributed by atoms with E-state index in [1.807, 2.05) is 12.1 Å². The van der Waals surface area contributed by atoms with Gasteiger partial charge in [-0.1, -0.05) is 6.07 Å². The number of carbonyl (C=O) groups excluding carboxylic acids is 2. The van der Waals surface area contributed by atoms with Crippen molar-refractivity contribution < 1.29 is 14.3 Å². The zero-order valence-electron chi connectivity index (χ0n) is 9.33. The molecule has 1 saturated carbocycles. The van der Waals surface area contributed by atoms with Crippen molar-refractivity contribution in [1.82, 2.24) is 0 Å². The maximum Gasteiger partial charge on any atom is 0.228 e. The number of hydrogen-bond donors (Lipinski definition) is 1. The van der Waals surface area contributed by atoms with Crippen LogP contribution in [0, 0.1) is 5.92 Å². The van der Waals surface area contributed by atoms with Gasteiger partial charge in [0.05, 0.1) is 18.7 Å². The molecular weight excluding hydrogens is 286 g/mol. The van der Waals surface area contributed by atoms with Gasteiger partial charge in [0.1, 0.15) is 11.5 Å². The smallest absolute Gasteiger partial charge is 0.228 e. The van der Waals surface area contributed by atoms with Crippen molar-refractivity contribution in [3.8, 4) is 5.75 Å². The van der Waals surface area contributed by atoms with Crippen molar-refractivity contribution >= 4 is 33.3 Å². The molecule has 1 fully saturated rings. The van der Waals surface area contributed by atoms with Gasteiger partial charge in [0, 0.05) is 17.3 Å². The van der Waals surface area contributed by atoms with E-state index < -0.39 is 0 Å². The SMILES string of the molecule is COc1cccc(Br)c1NC(=O)C1CC(=O)C1. The van der Waals surface area contributed by atoms with Crippen molar-refractivity contribution in [3.63, 3.8) is 0 Å². The summed E-state index contributed by atoms with van der Waals surface area (Å²) in [5, 5.41) is 2.79. The number of nitrogens with one attached hydrogen (secondary N) is 1. The summed E-state index contributed by atoms with van der Waals surface area (Å²) in [6.07, 6.45) is 0.692. The fourth-order valence-corrected chi connectivity index (χ4v) is 2.14. The molecule has 0 saturated heterocycles. The van der Waals surface area contributed by atoms with E-state index in [2.05, 4.69) is 21.2 Å². The lowest BCUT2D eigenvalue weighted by molar-refractivity contribution is -0.135. The lowest BCUT2D eigenvalue weighted by Crippen LogP contribution is -2.34. The number of hydrogen-bond acceptors (Lipinski definition) is 3. The Morgan fingerprint density at radius 1 is 1.47 bits per heavy atom. The van der Waals surface area contributed by atoms with Crippen LogP contribution in [-0.2, 0) is 9.59 Å². The first-order valence-electron chi connectivity index (χ1n) is 5.27. The van der Waals surface area contributed by atoms with Gasteiger partial charge in [0.15, 0.2) is 0 Å². The number of methoxy groups -OCH3 is 1. The Morgan fingerprint density at radius 3 is 2.76 bits per heavy atom. The molecule has 0 spiro atoms. The predicted molar refractivity (Wildman–Crippen MR) is 67.1 cm³/mol. The summed E-state index contributed by atoms with van der Waals surface area (Å²) < 4.78 is 5.93. The molecule has 0 heterocycles. The number of anilines is 1. The molecule has 1 aromatic rings. The highest BCUT2D eigenvalue weighted by molar-refractivity contribution is 9.10. The normalized spacial score (nSPS) is 15.3. The minimum atomic E-state index is -0.195. The minimum absolute atomic E-state index is 0.130. The predicted octanol–water partition coefficient (Wildman–Crippen LogP) is 2.38. The highest BCUT2D eigenvalue weighted by Crippen LogP contribution is 2.34. The Bertz CT molecular complexity index is 465. The highest BCUT2D eigenvalue weighted by atomic mass is 79.9.